The summed E-state index contributed by atoms with van der Waals surface area (Å²) in [7, 11) is 0. The number of imidazole rings is 1. The van der Waals surface area contributed by atoms with Crippen molar-refractivity contribution >= 4 is 5.65 Å². The van der Waals surface area contributed by atoms with Crippen molar-refractivity contribution in [3.63, 3.8) is 0 Å². The van der Waals surface area contributed by atoms with Gasteiger partial charge in [0.15, 0.2) is 11.5 Å². The van der Waals surface area contributed by atoms with E-state index in [1.54, 1.807) is 22.9 Å². The number of hydrogen-bond donors (Lipinski definition) is 1. The number of fused-ring (bicyclic) bond motifs is 1. The molecule has 0 fully saturated rings. The standard InChI is InChI=1S/C10H12FN3/c1-7(12)5-8-6-13-10-9(11)3-2-4-14(8)10/h2-4,6-7H,5,12H2,1H3. The van der Waals surface area contributed by atoms with Gasteiger partial charge in [0.05, 0.1) is 0 Å². The van der Waals surface area contributed by atoms with Gasteiger partial charge >= 0.3 is 0 Å². The third-order valence-electron chi connectivity index (χ3n) is 2.10. The molecule has 1 unspecified atom stereocenters. The molecule has 0 saturated carbocycles. The fourth-order valence-corrected chi connectivity index (χ4v) is 1.51. The van der Waals surface area contributed by atoms with E-state index in [0.29, 0.717) is 12.1 Å². The van der Waals surface area contributed by atoms with Crippen LogP contribution in [0.2, 0.25) is 0 Å². The van der Waals surface area contributed by atoms with Gasteiger partial charge in [0.1, 0.15) is 0 Å². The van der Waals surface area contributed by atoms with Gasteiger partial charge < -0.3 is 10.1 Å². The number of nitrogens with two attached hydrogens (primary N) is 1. The van der Waals surface area contributed by atoms with E-state index < -0.39 is 0 Å². The maximum atomic E-state index is 13.2. The molecular formula is C10H12FN3. The molecule has 0 saturated heterocycles. The Morgan fingerprint density at radius 2 is 2.43 bits per heavy atom. The molecular weight excluding hydrogens is 181 g/mol. The van der Waals surface area contributed by atoms with Gasteiger partial charge in [0.2, 0.25) is 0 Å². The van der Waals surface area contributed by atoms with E-state index in [-0.39, 0.29) is 11.9 Å². The Hall–Kier alpha value is -1.42. The lowest BCUT2D eigenvalue weighted by Crippen LogP contribution is -2.18. The second-order valence-electron chi connectivity index (χ2n) is 3.48. The molecule has 74 valence electrons. The van der Waals surface area contributed by atoms with E-state index in [4.69, 9.17) is 5.73 Å². The molecule has 2 N–H and O–H groups in total. The smallest absolute Gasteiger partial charge is 0.173 e. The molecule has 0 aliphatic carbocycles. The van der Waals surface area contributed by atoms with Crippen LogP contribution in [0.15, 0.2) is 24.5 Å². The van der Waals surface area contributed by atoms with Crippen LogP contribution in [0.25, 0.3) is 5.65 Å². The Morgan fingerprint density at radius 3 is 3.14 bits per heavy atom. The first-order valence-corrected chi connectivity index (χ1v) is 4.54. The summed E-state index contributed by atoms with van der Waals surface area (Å²) < 4.78 is 15.0. The summed E-state index contributed by atoms with van der Waals surface area (Å²) in [4.78, 5) is 4.00. The molecule has 1 atom stereocenters. The summed E-state index contributed by atoms with van der Waals surface area (Å²) in [5.41, 5.74) is 6.98. The van der Waals surface area contributed by atoms with E-state index in [2.05, 4.69) is 4.98 Å². The molecule has 2 aromatic heterocycles. The molecule has 14 heavy (non-hydrogen) atoms. The second kappa shape index (κ2) is 3.38. The quantitative estimate of drug-likeness (QED) is 0.782. The molecule has 0 radical (unpaired) electrons. The van der Waals surface area contributed by atoms with Gasteiger partial charge in [-0.25, -0.2) is 9.37 Å². The lowest BCUT2D eigenvalue weighted by Gasteiger charge is -2.04. The van der Waals surface area contributed by atoms with Crippen molar-refractivity contribution in [2.75, 3.05) is 0 Å². The molecule has 0 amide bonds. The zero-order valence-electron chi connectivity index (χ0n) is 7.94. The molecule has 2 heterocycles. The van der Waals surface area contributed by atoms with Gasteiger partial charge in [-0.1, -0.05) is 0 Å². The Morgan fingerprint density at radius 1 is 1.64 bits per heavy atom. The van der Waals surface area contributed by atoms with E-state index in [1.807, 2.05) is 6.92 Å². The first-order valence-electron chi connectivity index (χ1n) is 4.54. The zero-order chi connectivity index (χ0) is 10.1. The highest BCUT2D eigenvalue weighted by Gasteiger charge is 2.07. The third-order valence-corrected chi connectivity index (χ3v) is 2.10. The van der Waals surface area contributed by atoms with Crippen LogP contribution in [-0.4, -0.2) is 15.4 Å². The monoisotopic (exact) mass is 193 g/mol. The number of nitrogens with zero attached hydrogens (tertiary/aromatic N) is 2. The minimum absolute atomic E-state index is 0.0539. The van der Waals surface area contributed by atoms with Crippen LogP contribution < -0.4 is 5.73 Å². The number of aromatic nitrogens is 2. The van der Waals surface area contributed by atoms with Crippen molar-refractivity contribution in [2.45, 2.75) is 19.4 Å². The lowest BCUT2D eigenvalue weighted by atomic mass is 10.2. The van der Waals surface area contributed by atoms with Gasteiger partial charge in [-0.05, 0) is 19.1 Å². The third kappa shape index (κ3) is 1.48. The highest BCUT2D eigenvalue weighted by molar-refractivity contribution is 5.41. The van der Waals surface area contributed by atoms with E-state index in [1.165, 1.54) is 6.07 Å². The van der Waals surface area contributed by atoms with Gasteiger partial charge in [0, 0.05) is 30.6 Å². The molecule has 0 aromatic carbocycles. The average Bonchev–Trinajstić information content (AvgIpc) is 2.49. The van der Waals surface area contributed by atoms with Crippen LogP contribution in [0.4, 0.5) is 4.39 Å². The molecule has 0 bridgehead atoms. The highest BCUT2D eigenvalue weighted by atomic mass is 19.1. The molecule has 0 aliphatic rings. The Kier molecular flexibility index (Phi) is 2.21. The molecule has 4 heteroatoms. The molecule has 0 spiro atoms. The predicted octanol–water partition coefficient (Wildman–Crippen LogP) is 1.36. The van der Waals surface area contributed by atoms with Gasteiger partial charge in [0.25, 0.3) is 0 Å². The number of pyridine rings is 1. The maximum Gasteiger partial charge on any atom is 0.173 e. The number of rotatable bonds is 2. The van der Waals surface area contributed by atoms with Gasteiger partial charge in [-0.2, -0.15) is 0 Å². The van der Waals surface area contributed by atoms with Crippen molar-refractivity contribution in [3.05, 3.63) is 36.0 Å². The van der Waals surface area contributed by atoms with Crippen LogP contribution in [0.3, 0.4) is 0 Å². The number of halogens is 1. The fourth-order valence-electron chi connectivity index (χ4n) is 1.51. The van der Waals surface area contributed by atoms with Crippen molar-refractivity contribution in [1.82, 2.24) is 9.38 Å². The highest BCUT2D eigenvalue weighted by Crippen LogP contribution is 2.11. The molecule has 2 rings (SSSR count). The SMILES string of the molecule is CC(N)Cc1cnc2c(F)cccn12. The molecule has 2 aromatic rings. The Labute approximate surface area is 81.4 Å². The first-order chi connectivity index (χ1) is 6.68. The van der Waals surface area contributed by atoms with Crippen LogP contribution >= 0.6 is 0 Å². The molecule has 3 nitrogen and oxygen atoms in total. The largest absolute Gasteiger partial charge is 0.328 e. The Bertz CT molecular complexity index is 448. The van der Waals surface area contributed by atoms with E-state index in [0.717, 1.165) is 5.69 Å². The van der Waals surface area contributed by atoms with Gasteiger partial charge in [-0.3, -0.25) is 0 Å². The predicted molar refractivity (Wildman–Crippen MR) is 52.5 cm³/mol. The minimum atomic E-state index is -0.302. The maximum absolute atomic E-state index is 13.2. The van der Waals surface area contributed by atoms with Gasteiger partial charge in [-0.15, -0.1) is 0 Å². The van der Waals surface area contributed by atoms with Crippen molar-refractivity contribution in [2.24, 2.45) is 5.73 Å². The van der Waals surface area contributed by atoms with Crippen LogP contribution in [-0.2, 0) is 6.42 Å². The van der Waals surface area contributed by atoms with E-state index in [9.17, 15) is 4.39 Å². The minimum Gasteiger partial charge on any atom is -0.328 e. The van der Waals surface area contributed by atoms with E-state index >= 15 is 0 Å². The Balaban J connectivity index is 2.52. The summed E-state index contributed by atoms with van der Waals surface area (Å²) >= 11 is 0. The van der Waals surface area contributed by atoms with Crippen molar-refractivity contribution in [3.8, 4) is 0 Å². The topological polar surface area (TPSA) is 43.3 Å². The summed E-state index contributed by atoms with van der Waals surface area (Å²) in [6, 6.07) is 3.12. The van der Waals surface area contributed by atoms with Crippen LogP contribution in [0, 0.1) is 5.82 Å². The first kappa shape index (κ1) is 9.15. The molecule has 0 aliphatic heterocycles. The van der Waals surface area contributed by atoms with Crippen molar-refractivity contribution < 1.29 is 4.39 Å². The van der Waals surface area contributed by atoms with Crippen LogP contribution in [0.5, 0.6) is 0 Å². The normalized spacial score (nSPS) is 13.4. The summed E-state index contributed by atoms with van der Waals surface area (Å²) in [6.07, 6.45) is 4.16. The number of hydrogen-bond acceptors (Lipinski definition) is 2. The summed E-state index contributed by atoms with van der Waals surface area (Å²) in [5, 5.41) is 0. The fraction of sp³-hybridized carbons (Fsp3) is 0.300. The lowest BCUT2D eigenvalue weighted by molar-refractivity contribution is 0.628. The average molecular weight is 193 g/mol. The summed E-state index contributed by atoms with van der Waals surface area (Å²) in [6.45, 7) is 1.92. The van der Waals surface area contributed by atoms with Crippen LogP contribution in [0.1, 0.15) is 12.6 Å². The zero-order valence-corrected chi connectivity index (χ0v) is 7.94. The van der Waals surface area contributed by atoms with Crippen molar-refractivity contribution in [1.29, 1.82) is 0 Å². The second-order valence-corrected chi connectivity index (χ2v) is 3.48. The summed E-state index contributed by atoms with van der Waals surface area (Å²) in [5.74, 6) is -0.302.